The van der Waals surface area contributed by atoms with E-state index in [4.69, 9.17) is 18.6 Å². The number of hydrogen-bond acceptors (Lipinski definition) is 9. The van der Waals surface area contributed by atoms with Crippen molar-refractivity contribution in [2.45, 2.75) is 84.0 Å². The van der Waals surface area contributed by atoms with Gasteiger partial charge < -0.3 is 34.4 Å². The number of carbonyl (C=O) groups excluding carboxylic acids is 2. The molecule has 0 aliphatic rings. The monoisotopic (exact) mass is 686 g/mol. The van der Waals surface area contributed by atoms with Crippen LogP contribution in [0.4, 0.5) is 18.0 Å². The van der Waals surface area contributed by atoms with Gasteiger partial charge in [0.05, 0.1) is 31.5 Å². The van der Waals surface area contributed by atoms with Crippen LogP contribution < -0.4 is 15.4 Å². The first-order chi connectivity index (χ1) is 22.8. The number of amides is 2. The van der Waals surface area contributed by atoms with Gasteiger partial charge in [0.2, 0.25) is 5.89 Å². The molecular weight excluding hydrogens is 645 g/mol. The molecule has 2 amide bonds. The fourth-order valence-corrected chi connectivity index (χ4v) is 5.12. The van der Waals surface area contributed by atoms with E-state index in [9.17, 15) is 27.9 Å². The first-order valence-electron chi connectivity index (χ1n) is 15.5. The average Bonchev–Trinajstić information content (AvgIpc) is 3.44. The molecule has 4 aromatic rings. The standard InChI is InChI=1S/C35H41F3N4O7/c1-19(48-33(2,3)4)26(42-32(45)49-34(5,6)7)29-28(30(44)39-23(18-43)20-12-10-9-11-13-20)41-31(47-29)22-14-16-24(46-8)27-21(22)15-17-25(40-27)35(36,37)38/h9-17,19,23,26,43H,18H2,1-8H3,(H,39,44)(H,42,45)/t19-,23?,26+/m1/s1. The number of oxazole rings is 1. The van der Waals surface area contributed by atoms with E-state index in [-0.39, 0.29) is 39.6 Å². The van der Waals surface area contributed by atoms with Gasteiger partial charge in [0.1, 0.15) is 28.6 Å². The summed E-state index contributed by atoms with van der Waals surface area (Å²) in [4.78, 5) is 35.5. The summed E-state index contributed by atoms with van der Waals surface area (Å²) < 4.78 is 64.1. The summed E-state index contributed by atoms with van der Waals surface area (Å²) in [5, 5.41) is 15.9. The number of hydrogen-bond donors (Lipinski definition) is 3. The van der Waals surface area contributed by atoms with Gasteiger partial charge in [-0.3, -0.25) is 4.79 Å². The number of nitrogens with zero attached hydrogens (tertiary/aromatic N) is 2. The molecule has 0 radical (unpaired) electrons. The Labute approximate surface area is 282 Å². The number of benzene rings is 2. The number of fused-ring (bicyclic) bond motifs is 1. The number of rotatable bonds is 10. The van der Waals surface area contributed by atoms with Crippen LogP contribution in [0.3, 0.4) is 0 Å². The van der Waals surface area contributed by atoms with Crippen LogP contribution in [0.15, 0.2) is 59.0 Å². The van der Waals surface area contributed by atoms with Gasteiger partial charge in [-0.05, 0) is 78.3 Å². The summed E-state index contributed by atoms with van der Waals surface area (Å²) in [5.41, 5.74) is -2.28. The Morgan fingerprint density at radius 1 is 0.918 bits per heavy atom. The highest BCUT2D eigenvalue weighted by molar-refractivity contribution is 5.98. The molecule has 0 bridgehead atoms. The van der Waals surface area contributed by atoms with Crippen molar-refractivity contribution >= 4 is 22.9 Å². The zero-order chi connectivity index (χ0) is 36.3. The molecular formula is C35H41F3N4O7. The minimum Gasteiger partial charge on any atom is -0.494 e. The number of nitrogens with one attached hydrogen (secondary N) is 2. The molecule has 14 heteroatoms. The maximum absolute atomic E-state index is 14.0. The molecule has 264 valence electrons. The lowest BCUT2D eigenvalue weighted by Crippen LogP contribution is -2.42. The molecule has 3 atom stereocenters. The third kappa shape index (κ3) is 9.27. The molecule has 2 aromatic heterocycles. The Morgan fingerprint density at radius 2 is 1.59 bits per heavy atom. The number of alkyl halides is 3. The number of aliphatic hydroxyl groups is 1. The second-order valence-corrected chi connectivity index (χ2v) is 13.3. The van der Waals surface area contributed by atoms with Crippen molar-refractivity contribution in [1.82, 2.24) is 20.6 Å². The van der Waals surface area contributed by atoms with Crippen LogP contribution in [0, 0.1) is 0 Å². The van der Waals surface area contributed by atoms with E-state index in [0.717, 1.165) is 6.07 Å². The van der Waals surface area contributed by atoms with Crippen LogP contribution in [0.1, 0.15) is 88.1 Å². The number of carbonyl (C=O) groups is 2. The summed E-state index contributed by atoms with van der Waals surface area (Å²) in [7, 11) is 1.30. The molecule has 0 fully saturated rings. The molecule has 49 heavy (non-hydrogen) atoms. The van der Waals surface area contributed by atoms with E-state index in [2.05, 4.69) is 20.6 Å². The zero-order valence-corrected chi connectivity index (χ0v) is 28.6. The second-order valence-electron chi connectivity index (χ2n) is 13.3. The first-order valence-corrected chi connectivity index (χ1v) is 15.5. The van der Waals surface area contributed by atoms with E-state index in [1.807, 2.05) is 20.8 Å². The van der Waals surface area contributed by atoms with Crippen molar-refractivity contribution in [2.24, 2.45) is 0 Å². The number of methoxy groups -OCH3 is 1. The van der Waals surface area contributed by atoms with Crippen molar-refractivity contribution < 1.29 is 46.5 Å². The van der Waals surface area contributed by atoms with Gasteiger partial charge in [0, 0.05) is 10.9 Å². The van der Waals surface area contributed by atoms with E-state index >= 15 is 0 Å². The molecule has 0 saturated heterocycles. The van der Waals surface area contributed by atoms with Gasteiger partial charge in [-0.15, -0.1) is 0 Å². The summed E-state index contributed by atoms with van der Waals surface area (Å²) in [6, 6.07) is 11.7. The third-order valence-corrected chi connectivity index (χ3v) is 7.08. The number of halogens is 3. The zero-order valence-electron chi connectivity index (χ0n) is 28.6. The van der Waals surface area contributed by atoms with Gasteiger partial charge in [0.25, 0.3) is 5.91 Å². The number of aromatic nitrogens is 2. The van der Waals surface area contributed by atoms with E-state index < -0.39 is 59.9 Å². The van der Waals surface area contributed by atoms with Gasteiger partial charge in [0.15, 0.2) is 11.5 Å². The number of pyridine rings is 1. The fourth-order valence-electron chi connectivity index (χ4n) is 5.12. The van der Waals surface area contributed by atoms with Crippen LogP contribution in [-0.4, -0.2) is 58.1 Å². The van der Waals surface area contributed by atoms with Gasteiger partial charge in [-0.2, -0.15) is 13.2 Å². The molecule has 0 aliphatic heterocycles. The lowest BCUT2D eigenvalue weighted by Gasteiger charge is -2.31. The van der Waals surface area contributed by atoms with E-state index in [1.165, 1.54) is 25.3 Å². The molecule has 2 aromatic carbocycles. The van der Waals surface area contributed by atoms with E-state index in [0.29, 0.717) is 5.56 Å². The quantitative estimate of drug-likeness (QED) is 0.158. The summed E-state index contributed by atoms with van der Waals surface area (Å²) in [6.07, 6.45) is -6.38. The minimum atomic E-state index is -4.72. The Balaban J connectivity index is 1.93. The molecule has 4 rings (SSSR count). The minimum absolute atomic E-state index is 0.0694. The lowest BCUT2D eigenvalue weighted by molar-refractivity contribution is -0.141. The SMILES string of the molecule is COc1ccc(-c2nc(C(=O)NC(CO)c3ccccc3)c([C@@H](NC(=O)OC(C)(C)C)[C@@H](C)OC(C)(C)C)o2)c2ccc(C(F)(F)F)nc12. The predicted molar refractivity (Wildman–Crippen MR) is 175 cm³/mol. The van der Waals surface area contributed by atoms with Crippen molar-refractivity contribution in [1.29, 1.82) is 0 Å². The van der Waals surface area contributed by atoms with Crippen LogP contribution in [-0.2, 0) is 15.7 Å². The van der Waals surface area contributed by atoms with Gasteiger partial charge >= 0.3 is 12.3 Å². The van der Waals surface area contributed by atoms with Crippen LogP contribution in [0.2, 0.25) is 0 Å². The summed E-state index contributed by atoms with van der Waals surface area (Å²) in [5.74, 6) is -0.973. The normalized spacial score (nSPS) is 14.2. The van der Waals surface area contributed by atoms with Crippen molar-refractivity contribution in [3.05, 3.63) is 77.3 Å². The average molecular weight is 687 g/mol. The Morgan fingerprint density at radius 3 is 2.16 bits per heavy atom. The molecule has 1 unspecified atom stereocenters. The maximum Gasteiger partial charge on any atom is 0.433 e. The Hall–Kier alpha value is -4.69. The van der Waals surface area contributed by atoms with Crippen LogP contribution in [0.5, 0.6) is 5.75 Å². The van der Waals surface area contributed by atoms with Crippen molar-refractivity contribution in [2.75, 3.05) is 13.7 Å². The van der Waals surface area contributed by atoms with Crippen LogP contribution >= 0.6 is 0 Å². The highest BCUT2D eigenvalue weighted by Gasteiger charge is 2.37. The highest BCUT2D eigenvalue weighted by Crippen LogP contribution is 2.38. The molecule has 0 saturated carbocycles. The molecule has 2 heterocycles. The van der Waals surface area contributed by atoms with E-state index in [1.54, 1.807) is 58.0 Å². The number of ether oxygens (including phenoxy) is 3. The fraction of sp³-hybridized carbons (Fsp3) is 0.429. The van der Waals surface area contributed by atoms with Gasteiger partial charge in [-0.25, -0.2) is 14.8 Å². The third-order valence-electron chi connectivity index (χ3n) is 7.08. The number of aliphatic hydroxyl groups excluding tert-OH is 1. The maximum atomic E-state index is 14.0. The summed E-state index contributed by atoms with van der Waals surface area (Å²) >= 11 is 0. The lowest BCUT2D eigenvalue weighted by atomic mass is 10.0. The molecule has 0 spiro atoms. The molecule has 0 aliphatic carbocycles. The topological polar surface area (TPSA) is 145 Å². The first kappa shape index (κ1) is 37.1. The van der Waals surface area contributed by atoms with Crippen molar-refractivity contribution in [3.63, 3.8) is 0 Å². The molecule has 11 nitrogen and oxygen atoms in total. The van der Waals surface area contributed by atoms with Crippen molar-refractivity contribution in [3.8, 4) is 17.2 Å². The van der Waals surface area contributed by atoms with Crippen LogP contribution in [0.25, 0.3) is 22.4 Å². The summed E-state index contributed by atoms with van der Waals surface area (Å²) in [6.45, 7) is 11.7. The Kier molecular flexibility index (Phi) is 10.9. The van der Waals surface area contributed by atoms with Gasteiger partial charge in [-0.1, -0.05) is 30.3 Å². The smallest absolute Gasteiger partial charge is 0.433 e. The predicted octanol–water partition coefficient (Wildman–Crippen LogP) is 7.15. The molecule has 3 N–H and O–H groups in total. The highest BCUT2D eigenvalue weighted by atomic mass is 19.4. The second kappa shape index (κ2) is 14.4. The largest absolute Gasteiger partial charge is 0.494 e. The number of alkyl carbamates (subject to hydrolysis) is 1. The Bertz CT molecular complexity index is 1780.